The summed E-state index contributed by atoms with van der Waals surface area (Å²) in [7, 11) is 2.16. The van der Waals surface area contributed by atoms with Crippen LogP contribution in [0.25, 0.3) is 5.00 Å². The number of aryl methyl sites for hydroxylation is 1. The highest BCUT2D eigenvalue weighted by molar-refractivity contribution is 7.14. The molecular formula is C21H24N4OS. The first-order chi connectivity index (χ1) is 13.1. The molecule has 0 unspecified atom stereocenters. The number of fused-ring (bicyclic) bond motifs is 1. The first kappa shape index (κ1) is 17.8. The van der Waals surface area contributed by atoms with E-state index in [1.807, 2.05) is 54.7 Å². The third-order valence-corrected chi connectivity index (χ3v) is 6.27. The van der Waals surface area contributed by atoms with Crippen molar-refractivity contribution < 1.29 is 4.79 Å². The topological polar surface area (TPSA) is 49.3 Å². The lowest BCUT2D eigenvalue weighted by atomic mass is 10.0. The number of benzene rings is 1. The van der Waals surface area contributed by atoms with Crippen LogP contribution in [0.4, 0.5) is 10.5 Å². The number of hydrogen-bond acceptors (Lipinski definition) is 3. The lowest BCUT2D eigenvalue weighted by Crippen LogP contribution is -2.30. The number of thiophene rings is 1. The van der Waals surface area contributed by atoms with Gasteiger partial charge in [0.25, 0.3) is 0 Å². The van der Waals surface area contributed by atoms with Crippen LogP contribution in [-0.4, -0.2) is 29.1 Å². The molecule has 0 fully saturated rings. The molecule has 0 atom stereocenters. The van der Waals surface area contributed by atoms with E-state index in [-0.39, 0.29) is 6.03 Å². The van der Waals surface area contributed by atoms with Gasteiger partial charge in [-0.05, 0) is 49.7 Å². The predicted octanol–water partition coefficient (Wildman–Crippen LogP) is 4.16. The summed E-state index contributed by atoms with van der Waals surface area (Å²) >= 11 is 1.83. The van der Waals surface area contributed by atoms with E-state index in [4.69, 9.17) is 0 Å². The first-order valence-corrected chi connectivity index (χ1v) is 9.99. The highest BCUT2D eigenvalue weighted by Gasteiger charge is 2.23. The van der Waals surface area contributed by atoms with Crippen LogP contribution in [0, 0.1) is 6.92 Å². The SMILES string of the molecule is Cc1ccccc1NC(=O)NCc1c(-n2cccc2)sc2c1CCN(C)C2. The number of urea groups is 1. The van der Waals surface area contributed by atoms with E-state index in [9.17, 15) is 4.79 Å². The molecule has 0 bridgehead atoms. The summed E-state index contributed by atoms with van der Waals surface area (Å²) in [4.78, 5) is 16.2. The first-order valence-electron chi connectivity index (χ1n) is 9.17. The highest BCUT2D eigenvalue weighted by Crippen LogP contribution is 2.35. The van der Waals surface area contributed by atoms with Gasteiger partial charge >= 0.3 is 6.03 Å². The molecule has 6 heteroatoms. The third kappa shape index (κ3) is 3.77. The van der Waals surface area contributed by atoms with Crippen molar-refractivity contribution in [2.75, 3.05) is 18.9 Å². The molecule has 5 nitrogen and oxygen atoms in total. The Morgan fingerprint density at radius 2 is 1.96 bits per heavy atom. The molecule has 0 radical (unpaired) electrons. The van der Waals surface area contributed by atoms with E-state index < -0.39 is 0 Å². The Labute approximate surface area is 163 Å². The maximum absolute atomic E-state index is 12.4. The lowest BCUT2D eigenvalue weighted by Gasteiger charge is -2.22. The Balaban J connectivity index is 1.54. The number of rotatable bonds is 4. The molecule has 0 aliphatic carbocycles. The smallest absolute Gasteiger partial charge is 0.319 e. The van der Waals surface area contributed by atoms with Crippen molar-refractivity contribution >= 4 is 23.1 Å². The molecule has 1 aliphatic heterocycles. The van der Waals surface area contributed by atoms with Gasteiger partial charge in [-0.15, -0.1) is 11.3 Å². The second-order valence-corrected chi connectivity index (χ2v) is 8.07. The third-order valence-electron chi connectivity index (χ3n) is 4.99. The van der Waals surface area contributed by atoms with Crippen LogP contribution in [0.2, 0.25) is 0 Å². The highest BCUT2D eigenvalue weighted by atomic mass is 32.1. The van der Waals surface area contributed by atoms with Gasteiger partial charge < -0.3 is 20.1 Å². The van der Waals surface area contributed by atoms with Crippen molar-refractivity contribution in [1.82, 2.24) is 14.8 Å². The summed E-state index contributed by atoms with van der Waals surface area (Å²) < 4.78 is 2.15. The fourth-order valence-corrected chi connectivity index (χ4v) is 4.90. The number of aromatic nitrogens is 1. The normalized spacial score (nSPS) is 14.0. The fourth-order valence-electron chi connectivity index (χ4n) is 3.49. The van der Waals surface area contributed by atoms with Gasteiger partial charge in [0.1, 0.15) is 5.00 Å². The van der Waals surface area contributed by atoms with E-state index in [0.29, 0.717) is 6.54 Å². The van der Waals surface area contributed by atoms with Crippen LogP contribution in [0.1, 0.15) is 21.6 Å². The van der Waals surface area contributed by atoms with Gasteiger partial charge in [0.2, 0.25) is 0 Å². The molecule has 2 N–H and O–H groups in total. The molecule has 0 saturated carbocycles. The van der Waals surface area contributed by atoms with Crippen LogP contribution in [-0.2, 0) is 19.5 Å². The zero-order valence-electron chi connectivity index (χ0n) is 15.7. The van der Waals surface area contributed by atoms with Gasteiger partial charge in [0.15, 0.2) is 0 Å². The largest absolute Gasteiger partial charge is 0.334 e. The van der Waals surface area contributed by atoms with E-state index in [0.717, 1.165) is 30.8 Å². The zero-order valence-corrected chi connectivity index (χ0v) is 16.5. The lowest BCUT2D eigenvalue weighted by molar-refractivity contribution is 0.251. The number of carbonyl (C=O) groups excluding carboxylic acids is 1. The number of anilines is 1. The Hall–Kier alpha value is -2.57. The van der Waals surface area contributed by atoms with Crippen LogP contribution in [0.5, 0.6) is 0 Å². The van der Waals surface area contributed by atoms with Crippen molar-refractivity contribution in [3.63, 3.8) is 0 Å². The Bertz CT molecular complexity index is 945. The van der Waals surface area contributed by atoms with Crippen molar-refractivity contribution in [3.8, 4) is 5.00 Å². The molecule has 2 aromatic heterocycles. The van der Waals surface area contributed by atoms with Crippen LogP contribution < -0.4 is 10.6 Å². The number of nitrogens with one attached hydrogen (secondary N) is 2. The molecule has 1 aromatic carbocycles. The van der Waals surface area contributed by atoms with Crippen molar-refractivity contribution in [1.29, 1.82) is 0 Å². The Morgan fingerprint density at radius 3 is 2.74 bits per heavy atom. The maximum atomic E-state index is 12.4. The Kier molecular flexibility index (Phi) is 5.01. The fraction of sp³-hybridized carbons (Fsp3) is 0.286. The van der Waals surface area contributed by atoms with Gasteiger partial charge in [-0.2, -0.15) is 0 Å². The predicted molar refractivity (Wildman–Crippen MR) is 111 cm³/mol. The monoisotopic (exact) mass is 380 g/mol. The summed E-state index contributed by atoms with van der Waals surface area (Å²) in [6.07, 6.45) is 5.16. The molecule has 3 heterocycles. The second kappa shape index (κ2) is 7.58. The van der Waals surface area contributed by atoms with Crippen LogP contribution >= 0.6 is 11.3 Å². The number of carbonyl (C=O) groups is 1. The number of para-hydroxylation sites is 1. The van der Waals surface area contributed by atoms with Crippen molar-refractivity contribution in [2.45, 2.75) is 26.4 Å². The number of likely N-dealkylation sites (N-methyl/N-ethyl adjacent to an activating group) is 1. The summed E-state index contributed by atoms with van der Waals surface area (Å²) in [6, 6.07) is 11.7. The molecule has 0 saturated heterocycles. The molecule has 2 amide bonds. The Morgan fingerprint density at radius 1 is 1.19 bits per heavy atom. The van der Waals surface area contributed by atoms with Gasteiger partial charge in [-0.3, -0.25) is 0 Å². The summed E-state index contributed by atoms with van der Waals surface area (Å²) in [5.74, 6) is 0. The van der Waals surface area contributed by atoms with Gasteiger partial charge in [-0.25, -0.2) is 4.79 Å². The van der Waals surface area contributed by atoms with E-state index in [1.165, 1.54) is 21.0 Å². The van der Waals surface area contributed by atoms with Crippen molar-refractivity contribution in [3.05, 3.63) is 70.4 Å². The molecule has 4 rings (SSSR count). The van der Waals surface area contributed by atoms with Gasteiger partial charge in [0, 0.05) is 48.2 Å². The minimum absolute atomic E-state index is 0.171. The summed E-state index contributed by atoms with van der Waals surface area (Å²) in [5, 5.41) is 7.21. The van der Waals surface area contributed by atoms with Crippen LogP contribution in [0.3, 0.4) is 0 Å². The molecular weight excluding hydrogens is 356 g/mol. The molecule has 140 valence electrons. The zero-order chi connectivity index (χ0) is 18.8. The quantitative estimate of drug-likeness (QED) is 0.714. The standard InChI is InChI=1S/C21H24N4OS/c1-15-7-3-4-8-18(15)23-21(26)22-13-17-16-9-12-24(2)14-19(16)27-20(17)25-10-5-6-11-25/h3-8,10-11H,9,12-14H2,1-2H3,(H2,22,23,26). The maximum Gasteiger partial charge on any atom is 0.319 e. The van der Waals surface area contributed by atoms with E-state index in [2.05, 4.69) is 39.5 Å². The van der Waals surface area contributed by atoms with Crippen molar-refractivity contribution in [2.24, 2.45) is 0 Å². The van der Waals surface area contributed by atoms with E-state index >= 15 is 0 Å². The average molecular weight is 381 g/mol. The summed E-state index contributed by atoms with van der Waals surface area (Å²) in [5.41, 5.74) is 4.53. The molecule has 1 aliphatic rings. The number of nitrogens with zero attached hydrogens (tertiary/aromatic N) is 2. The molecule has 0 spiro atoms. The molecule has 3 aromatic rings. The molecule has 27 heavy (non-hydrogen) atoms. The second-order valence-electron chi connectivity index (χ2n) is 6.99. The van der Waals surface area contributed by atoms with E-state index in [1.54, 1.807) is 0 Å². The average Bonchev–Trinajstić information content (AvgIpc) is 3.29. The van der Waals surface area contributed by atoms with Gasteiger partial charge in [-0.1, -0.05) is 18.2 Å². The number of hydrogen-bond donors (Lipinski definition) is 2. The van der Waals surface area contributed by atoms with Crippen LogP contribution in [0.15, 0.2) is 48.8 Å². The van der Waals surface area contributed by atoms with Gasteiger partial charge in [0.05, 0.1) is 0 Å². The minimum atomic E-state index is -0.171. The minimum Gasteiger partial charge on any atom is -0.334 e. The summed E-state index contributed by atoms with van der Waals surface area (Å²) in [6.45, 7) is 4.55. The number of amides is 2.